The van der Waals surface area contributed by atoms with Gasteiger partial charge in [0.2, 0.25) is 10.0 Å². The van der Waals surface area contributed by atoms with Crippen LogP contribution in [0.15, 0.2) is 17.0 Å². The summed E-state index contributed by atoms with van der Waals surface area (Å²) >= 11 is 0. The van der Waals surface area contributed by atoms with Crippen LogP contribution in [0.2, 0.25) is 0 Å². The first-order chi connectivity index (χ1) is 8.83. The molecule has 1 saturated carbocycles. The van der Waals surface area contributed by atoms with E-state index in [4.69, 9.17) is 5.73 Å². The Balaban J connectivity index is 2.32. The highest BCUT2D eigenvalue weighted by atomic mass is 32.2. The number of hydrogen-bond acceptors (Lipinski definition) is 3. The molecule has 0 spiro atoms. The summed E-state index contributed by atoms with van der Waals surface area (Å²) in [5.41, 5.74) is 4.40. The van der Waals surface area contributed by atoms with Crippen LogP contribution in [0.3, 0.4) is 0 Å². The average Bonchev–Trinajstić information content (AvgIpc) is 2.71. The smallest absolute Gasteiger partial charge is 0.243 e. The molecule has 4 nitrogen and oxygen atoms in total. The maximum absolute atomic E-state index is 13.7. The highest BCUT2D eigenvalue weighted by molar-refractivity contribution is 7.89. The molecule has 1 aromatic rings. The number of rotatable bonds is 3. The molecule has 0 aliphatic heterocycles. The lowest BCUT2D eigenvalue weighted by molar-refractivity contribution is 0.473. The van der Waals surface area contributed by atoms with Crippen LogP contribution in [0.1, 0.15) is 26.2 Å². The van der Waals surface area contributed by atoms with Gasteiger partial charge in [0.1, 0.15) is 16.4 Å². The Kier molecular flexibility index (Phi) is 3.78. The lowest BCUT2D eigenvalue weighted by Gasteiger charge is -2.18. The Hall–Kier alpha value is -1.21. The van der Waals surface area contributed by atoms with E-state index in [0.717, 1.165) is 31.4 Å². The van der Waals surface area contributed by atoms with Gasteiger partial charge in [-0.05, 0) is 30.9 Å². The second-order valence-electron chi connectivity index (χ2n) is 4.91. The Morgan fingerprint density at radius 2 is 2.00 bits per heavy atom. The summed E-state index contributed by atoms with van der Waals surface area (Å²) in [6, 6.07) is 1.53. The van der Waals surface area contributed by atoms with Crippen LogP contribution in [-0.2, 0) is 10.0 Å². The van der Waals surface area contributed by atoms with Gasteiger partial charge in [-0.3, -0.25) is 0 Å². The lowest BCUT2D eigenvalue weighted by Crippen LogP contribution is -2.36. The summed E-state index contributed by atoms with van der Waals surface area (Å²) < 4.78 is 53.4. The van der Waals surface area contributed by atoms with E-state index in [0.29, 0.717) is 0 Å². The Labute approximate surface area is 111 Å². The molecule has 19 heavy (non-hydrogen) atoms. The fourth-order valence-corrected chi connectivity index (χ4v) is 3.81. The molecular formula is C12H16F2N2O2S. The van der Waals surface area contributed by atoms with E-state index >= 15 is 0 Å². The van der Waals surface area contributed by atoms with E-state index in [9.17, 15) is 17.2 Å². The summed E-state index contributed by atoms with van der Waals surface area (Å²) in [6.45, 7) is 1.94. The first-order valence-corrected chi connectivity index (χ1v) is 7.57. The molecule has 1 aromatic carbocycles. The Morgan fingerprint density at radius 1 is 1.32 bits per heavy atom. The van der Waals surface area contributed by atoms with Crippen LogP contribution in [0, 0.1) is 17.6 Å². The van der Waals surface area contributed by atoms with E-state index in [1.807, 2.05) is 6.92 Å². The minimum absolute atomic E-state index is 0.204. The third-order valence-corrected chi connectivity index (χ3v) is 5.06. The lowest BCUT2D eigenvalue weighted by atomic mass is 10.1. The minimum Gasteiger partial charge on any atom is -0.394 e. The summed E-state index contributed by atoms with van der Waals surface area (Å²) in [7, 11) is -4.02. The summed E-state index contributed by atoms with van der Waals surface area (Å²) in [5.74, 6) is -2.00. The molecule has 0 amide bonds. The van der Waals surface area contributed by atoms with Crippen molar-refractivity contribution in [3.8, 4) is 0 Å². The van der Waals surface area contributed by atoms with Crippen LogP contribution in [0.25, 0.3) is 0 Å². The van der Waals surface area contributed by atoms with Gasteiger partial charge in [0.15, 0.2) is 5.82 Å². The Bertz CT molecular complexity index is 590. The molecular weight excluding hydrogens is 274 g/mol. The fourth-order valence-electron chi connectivity index (χ4n) is 2.34. The van der Waals surface area contributed by atoms with Crippen LogP contribution in [-0.4, -0.2) is 14.5 Å². The molecule has 0 aromatic heterocycles. The molecule has 1 aliphatic rings. The maximum atomic E-state index is 13.7. The van der Waals surface area contributed by atoms with E-state index in [2.05, 4.69) is 4.72 Å². The van der Waals surface area contributed by atoms with Crippen molar-refractivity contribution in [3.05, 3.63) is 23.8 Å². The molecule has 2 rings (SSSR count). The number of nitrogen functional groups attached to an aromatic ring is 1. The zero-order valence-electron chi connectivity index (χ0n) is 10.5. The van der Waals surface area contributed by atoms with Crippen molar-refractivity contribution in [2.75, 3.05) is 5.73 Å². The molecule has 106 valence electrons. The molecule has 0 radical (unpaired) electrons. The zero-order valence-corrected chi connectivity index (χ0v) is 11.3. The molecule has 0 saturated heterocycles. The highest BCUT2D eigenvalue weighted by Gasteiger charge is 2.30. The molecule has 0 heterocycles. The van der Waals surface area contributed by atoms with E-state index in [-0.39, 0.29) is 12.0 Å². The topological polar surface area (TPSA) is 72.2 Å². The SMILES string of the molecule is CC1CCCC1NS(=O)(=O)c1ccc(F)c(N)c1F. The van der Waals surface area contributed by atoms with Gasteiger partial charge in [-0.25, -0.2) is 21.9 Å². The van der Waals surface area contributed by atoms with Crippen LogP contribution < -0.4 is 10.5 Å². The van der Waals surface area contributed by atoms with E-state index in [1.54, 1.807) is 0 Å². The highest BCUT2D eigenvalue weighted by Crippen LogP contribution is 2.28. The number of anilines is 1. The predicted octanol–water partition coefficient (Wildman–Crippen LogP) is 2.01. The van der Waals surface area contributed by atoms with Crippen LogP contribution >= 0.6 is 0 Å². The molecule has 3 N–H and O–H groups in total. The first-order valence-electron chi connectivity index (χ1n) is 6.08. The van der Waals surface area contributed by atoms with Gasteiger partial charge >= 0.3 is 0 Å². The molecule has 1 fully saturated rings. The molecule has 2 atom stereocenters. The van der Waals surface area contributed by atoms with Crippen molar-refractivity contribution in [1.29, 1.82) is 0 Å². The van der Waals surface area contributed by atoms with Gasteiger partial charge in [-0.2, -0.15) is 0 Å². The predicted molar refractivity (Wildman–Crippen MR) is 67.9 cm³/mol. The standard InChI is InChI=1S/C12H16F2N2O2S/c1-7-3-2-4-9(7)16-19(17,18)10-6-5-8(13)12(15)11(10)14/h5-7,9,16H,2-4,15H2,1H3. The number of hydrogen-bond donors (Lipinski definition) is 2. The second kappa shape index (κ2) is 5.05. The molecule has 1 aliphatic carbocycles. The molecule has 7 heteroatoms. The normalized spacial score (nSPS) is 23.7. The van der Waals surface area contributed by atoms with Crippen LogP contribution in [0.5, 0.6) is 0 Å². The van der Waals surface area contributed by atoms with Gasteiger partial charge in [0, 0.05) is 6.04 Å². The number of nitrogens with two attached hydrogens (primary N) is 1. The quantitative estimate of drug-likeness (QED) is 0.836. The number of nitrogens with one attached hydrogen (secondary N) is 1. The third-order valence-electron chi connectivity index (χ3n) is 3.55. The molecule has 0 bridgehead atoms. The molecule has 2 unspecified atom stereocenters. The number of halogens is 2. The van der Waals surface area contributed by atoms with Gasteiger partial charge in [0.25, 0.3) is 0 Å². The van der Waals surface area contributed by atoms with Crippen molar-refractivity contribution in [2.45, 2.75) is 37.1 Å². The summed E-state index contributed by atoms with van der Waals surface area (Å²) in [6.07, 6.45) is 2.59. The third kappa shape index (κ3) is 2.71. The van der Waals surface area contributed by atoms with Crippen molar-refractivity contribution >= 4 is 15.7 Å². The fraction of sp³-hybridized carbons (Fsp3) is 0.500. The van der Waals surface area contributed by atoms with Crippen molar-refractivity contribution in [2.24, 2.45) is 5.92 Å². The largest absolute Gasteiger partial charge is 0.394 e. The number of sulfonamides is 1. The van der Waals surface area contributed by atoms with Crippen molar-refractivity contribution in [1.82, 2.24) is 4.72 Å². The first kappa shape index (κ1) is 14.2. The monoisotopic (exact) mass is 290 g/mol. The van der Waals surface area contributed by atoms with Gasteiger partial charge in [-0.15, -0.1) is 0 Å². The van der Waals surface area contributed by atoms with Gasteiger partial charge in [-0.1, -0.05) is 13.3 Å². The van der Waals surface area contributed by atoms with E-state index < -0.39 is 32.2 Å². The second-order valence-corrected chi connectivity index (χ2v) is 6.59. The summed E-state index contributed by atoms with van der Waals surface area (Å²) in [4.78, 5) is -0.606. The van der Waals surface area contributed by atoms with Crippen molar-refractivity contribution < 1.29 is 17.2 Å². The van der Waals surface area contributed by atoms with E-state index in [1.165, 1.54) is 0 Å². The minimum atomic E-state index is -4.02. The Morgan fingerprint density at radius 3 is 2.58 bits per heavy atom. The summed E-state index contributed by atoms with van der Waals surface area (Å²) in [5, 5.41) is 0. The zero-order chi connectivity index (χ0) is 14.2. The van der Waals surface area contributed by atoms with Gasteiger partial charge in [0.05, 0.1) is 0 Å². The maximum Gasteiger partial charge on any atom is 0.243 e. The number of benzene rings is 1. The van der Waals surface area contributed by atoms with Crippen molar-refractivity contribution in [3.63, 3.8) is 0 Å². The van der Waals surface area contributed by atoms with Gasteiger partial charge < -0.3 is 5.73 Å². The average molecular weight is 290 g/mol. The van der Waals surface area contributed by atoms with Crippen LogP contribution in [0.4, 0.5) is 14.5 Å².